The Morgan fingerprint density at radius 1 is 0.564 bits per heavy atom. The standard InChI is InChI=1S/C5H12S2.C5H10S2.C5H12S2.C4H10S2.C4H8S2.C3H6F2S2.C3H6S3.C3H8S2.C2H6S2/c2*1-5(7-3)4-6-2;1-6-4-3-5-7-2;2*1-5-3-4-6-2;1-6-3(4,5)7-2;1-5-3(4)6-2;1-4-3-5-2;1-3-4-2/h5H,4H2,1-3H3;1,4H2,2-3H3;3-5H2,1-2H3;3-4H2,1-2H3;3-4H,1-2H3;1-2H3;1-2H3;3H2,1-2H3;1-2H3/b;;;;4-3+;;;;. The molecule has 0 aromatic heterocycles. The first-order chi connectivity index (χ1) is 26.1. The molecule has 21 heteroatoms. The maximum Gasteiger partial charge on any atom is 0.341 e. The normalized spacial score (nSPS) is 9.98. The van der Waals surface area contributed by atoms with Gasteiger partial charge in [-0.25, -0.2) is 0 Å². The fraction of sp³-hybridized carbons (Fsp3) is 0.853. The molecule has 0 aromatic carbocycles. The van der Waals surface area contributed by atoms with Gasteiger partial charge in [0, 0.05) is 33.3 Å². The summed E-state index contributed by atoms with van der Waals surface area (Å²) >= 11 is 31.4. The van der Waals surface area contributed by atoms with E-state index in [-0.39, 0.29) is 0 Å². The molecule has 1 unspecified atom stereocenters. The lowest BCUT2D eigenvalue weighted by atomic mass is 10.6. The second-order valence-corrected chi connectivity index (χ2v) is 27.5. The lowest BCUT2D eigenvalue weighted by Gasteiger charge is -2.06. The third-order valence-corrected chi connectivity index (χ3v) is 19.4. The van der Waals surface area contributed by atoms with Crippen molar-refractivity contribution in [3.8, 4) is 0 Å². The van der Waals surface area contributed by atoms with Crippen LogP contribution in [-0.2, 0) is 0 Å². The van der Waals surface area contributed by atoms with Crippen molar-refractivity contribution in [2.75, 3.05) is 152 Å². The number of rotatable bonds is 20. The molecule has 55 heavy (non-hydrogen) atoms. The van der Waals surface area contributed by atoms with Crippen molar-refractivity contribution < 1.29 is 8.78 Å². The number of hydrogen-bond acceptors (Lipinski definition) is 19. The monoisotopic (exact) mass is 1130 g/mol. The third-order valence-electron chi connectivity index (χ3n) is 4.12. The Labute approximate surface area is 426 Å². The number of alkyl halides is 2. The van der Waals surface area contributed by atoms with Crippen LogP contribution >= 0.6 is 222 Å². The molecular formula is C34H78F2S19. The van der Waals surface area contributed by atoms with Crippen LogP contribution in [0.25, 0.3) is 0 Å². The zero-order valence-electron chi connectivity index (χ0n) is 37.1. The van der Waals surface area contributed by atoms with Gasteiger partial charge in [0.05, 0.1) is 0 Å². The number of thiocarbonyl (C=S) groups is 1. The highest BCUT2D eigenvalue weighted by Gasteiger charge is 2.24. The van der Waals surface area contributed by atoms with Crippen molar-refractivity contribution >= 4 is 226 Å². The molecule has 0 amide bonds. The molecule has 0 saturated heterocycles. The third kappa shape index (κ3) is 133. The predicted octanol–water partition coefficient (Wildman–Crippen LogP) is 17.9. The van der Waals surface area contributed by atoms with Gasteiger partial charge in [-0.2, -0.15) is 115 Å². The Kier molecular flexibility index (Phi) is 128. The first kappa shape index (κ1) is 81.0. The van der Waals surface area contributed by atoms with E-state index in [0.29, 0.717) is 23.5 Å². The van der Waals surface area contributed by atoms with E-state index in [4.69, 9.17) is 12.2 Å². The van der Waals surface area contributed by atoms with Crippen LogP contribution in [0.4, 0.5) is 8.78 Å². The Bertz CT molecular complexity index is 609. The van der Waals surface area contributed by atoms with E-state index in [9.17, 15) is 8.78 Å². The van der Waals surface area contributed by atoms with Crippen LogP contribution in [0, 0.1) is 0 Å². The van der Waals surface area contributed by atoms with Crippen LogP contribution in [-0.4, -0.2) is 166 Å². The summed E-state index contributed by atoms with van der Waals surface area (Å²) in [6, 6.07) is 0. The van der Waals surface area contributed by atoms with Crippen LogP contribution in [0.3, 0.4) is 0 Å². The molecule has 0 spiro atoms. The Balaban J connectivity index is -0.0000000621. The van der Waals surface area contributed by atoms with Crippen LogP contribution in [0.5, 0.6) is 0 Å². The molecule has 342 valence electrons. The quantitative estimate of drug-likeness (QED) is 0.0491. The summed E-state index contributed by atoms with van der Waals surface area (Å²) < 4.78 is 22.0. The van der Waals surface area contributed by atoms with Gasteiger partial charge in [-0.3, -0.25) is 0 Å². The van der Waals surface area contributed by atoms with Gasteiger partial charge in [-0.05, 0) is 146 Å². The number of halogens is 2. The molecule has 1 atom stereocenters. The first-order valence-electron chi connectivity index (χ1n) is 15.7. The zero-order valence-corrected chi connectivity index (χ0v) is 52.6. The lowest BCUT2D eigenvalue weighted by Crippen LogP contribution is -1.99. The maximum absolute atomic E-state index is 11.8. The Morgan fingerprint density at radius 3 is 1.05 bits per heavy atom. The molecule has 0 aliphatic heterocycles. The summed E-state index contributed by atoms with van der Waals surface area (Å²) in [5.74, 6) is 7.59. The summed E-state index contributed by atoms with van der Waals surface area (Å²) in [7, 11) is 3.55. The van der Waals surface area contributed by atoms with Crippen LogP contribution in [0.1, 0.15) is 13.3 Å². The van der Waals surface area contributed by atoms with Gasteiger partial charge in [-0.15, -0.1) is 58.8 Å². The van der Waals surface area contributed by atoms with Gasteiger partial charge in [0.25, 0.3) is 0 Å². The van der Waals surface area contributed by atoms with Gasteiger partial charge in [-0.1, -0.05) is 70.8 Å². The zero-order chi connectivity index (χ0) is 45.0. The minimum absolute atomic E-state index is 0.557. The van der Waals surface area contributed by atoms with E-state index >= 15 is 0 Å². The number of thioether (sulfide) groups is 16. The van der Waals surface area contributed by atoms with E-state index in [2.05, 4.69) is 99.4 Å². The number of hydrogen-bond donors (Lipinski definition) is 0. The summed E-state index contributed by atoms with van der Waals surface area (Å²) in [5, 5.41) is 6.17. The van der Waals surface area contributed by atoms with E-state index in [1.807, 2.05) is 131 Å². The molecule has 0 N–H and O–H groups in total. The van der Waals surface area contributed by atoms with E-state index in [0.717, 1.165) is 14.5 Å². The lowest BCUT2D eigenvalue weighted by molar-refractivity contribution is 0.213. The average Bonchev–Trinajstić information content (AvgIpc) is 3.21. The van der Waals surface area contributed by atoms with Crippen molar-refractivity contribution in [2.24, 2.45) is 0 Å². The van der Waals surface area contributed by atoms with Gasteiger partial charge >= 0.3 is 4.59 Å². The summed E-state index contributed by atoms with van der Waals surface area (Å²) in [5.41, 5.74) is 0. The Morgan fingerprint density at radius 2 is 0.945 bits per heavy atom. The van der Waals surface area contributed by atoms with Crippen molar-refractivity contribution in [3.63, 3.8) is 0 Å². The van der Waals surface area contributed by atoms with Gasteiger partial charge in [0.15, 0.2) is 0 Å². The minimum atomic E-state index is -2.58. The fourth-order valence-corrected chi connectivity index (χ4v) is 9.55. The predicted molar refractivity (Wildman–Crippen MR) is 327 cm³/mol. The largest absolute Gasteiger partial charge is 0.341 e. The molecular weight excluding hydrogens is 1060 g/mol. The van der Waals surface area contributed by atoms with Crippen LogP contribution in [0.15, 0.2) is 22.3 Å². The van der Waals surface area contributed by atoms with Crippen molar-refractivity contribution in [3.05, 3.63) is 22.3 Å². The Hall–Kier alpha value is 5.73. The fourth-order valence-electron chi connectivity index (χ4n) is 1.43. The second kappa shape index (κ2) is 86.8. The molecule has 0 fully saturated rings. The van der Waals surface area contributed by atoms with Crippen molar-refractivity contribution in [1.82, 2.24) is 0 Å². The van der Waals surface area contributed by atoms with Gasteiger partial charge < -0.3 is 0 Å². The van der Waals surface area contributed by atoms with Crippen molar-refractivity contribution in [1.29, 1.82) is 0 Å². The highest BCUT2D eigenvalue weighted by atomic mass is 33.1. The maximum atomic E-state index is 11.8. The SMILES string of the molecule is C=C(CSC)SC.CS/C=C/SC.CSC(=S)SC.CSC(F)(F)SC.CSCC(C)SC.CSCCCSC.CSCCSC.CSCSC.CSSC. The second-order valence-electron chi connectivity index (χ2n) is 8.30. The molecule has 0 aliphatic carbocycles. The molecule has 0 radical (unpaired) electrons. The average molecular weight is 1130 g/mol. The van der Waals surface area contributed by atoms with Gasteiger partial charge in [0.1, 0.15) is 3.53 Å². The van der Waals surface area contributed by atoms with Crippen LogP contribution in [0.2, 0.25) is 0 Å². The molecule has 0 rings (SSSR count). The van der Waals surface area contributed by atoms with Crippen LogP contribution < -0.4 is 0 Å². The van der Waals surface area contributed by atoms with Gasteiger partial charge in [0.2, 0.25) is 0 Å². The smallest absolute Gasteiger partial charge is 0.183 e. The summed E-state index contributed by atoms with van der Waals surface area (Å²) in [6.07, 6.45) is 37.6. The highest BCUT2D eigenvalue weighted by Crippen LogP contribution is 2.36. The summed E-state index contributed by atoms with van der Waals surface area (Å²) in [6.45, 7) is 6.06. The topological polar surface area (TPSA) is 0 Å². The van der Waals surface area contributed by atoms with Crippen molar-refractivity contribution in [2.45, 2.75) is 23.2 Å². The van der Waals surface area contributed by atoms with E-state index in [1.165, 1.54) is 57.7 Å². The first-order valence-corrected chi connectivity index (χ1v) is 40.2. The molecule has 0 aromatic rings. The molecule has 0 bridgehead atoms. The summed E-state index contributed by atoms with van der Waals surface area (Å²) in [4.78, 5) is 1.26. The highest BCUT2D eigenvalue weighted by molar-refractivity contribution is 8.76. The van der Waals surface area contributed by atoms with E-state index < -0.39 is 4.59 Å². The van der Waals surface area contributed by atoms with E-state index in [1.54, 1.807) is 80.4 Å². The molecule has 0 saturated carbocycles. The molecule has 0 heterocycles. The molecule has 0 nitrogen and oxygen atoms in total. The molecule has 0 aliphatic rings. The minimum Gasteiger partial charge on any atom is -0.183 e.